The van der Waals surface area contributed by atoms with Gasteiger partial charge in [0.15, 0.2) is 0 Å². The van der Waals surface area contributed by atoms with Crippen molar-refractivity contribution in [2.24, 2.45) is 5.73 Å². The average Bonchev–Trinajstić information content (AvgIpc) is 2.22. The summed E-state index contributed by atoms with van der Waals surface area (Å²) < 4.78 is 0. The van der Waals surface area contributed by atoms with E-state index in [1.165, 1.54) is 5.57 Å². The summed E-state index contributed by atoms with van der Waals surface area (Å²) in [6.07, 6.45) is 3.88. The molecule has 0 aliphatic rings. The van der Waals surface area contributed by atoms with Gasteiger partial charge in [0.2, 0.25) is 0 Å². The number of hydrogen-bond acceptors (Lipinski definition) is 1. The van der Waals surface area contributed by atoms with Crippen molar-refractivity contribution in [1.29, 1.82) is 0 Å². The van der Waals surface area contributed by atoms with E-state index in [0.29, 0.717) is 16.6 Å². The van der Waals surface area contributed by atoms with Gasteiger partial charge >= 0.3 is 0 Å². The Bertz CT molecular complexity index is 359. The highest BCUT2D eigenvalue weighted by atomic mass is 35.5. The molecule has 0 radical (unpaired) electrons. The Morgan fingerprint density at radius 3 is 2.80 bits per heavy atom. The molecule has 1 aromatic rings. The Morgan fingerprint density at radius 1 is 1.40 bits per heavy atom. The van der Waals surface area contributed by atoms with Crippen LogP contribution in [-0.2, 0) is 6.42 Å². The molecule has 1 rings (SSSR count). The zero-order chi connectivity index (χ0) is 11.3. The van der Waals surface area contributed by atoms with Gasteiger partial charge in [-0.25, -0.2) is 0 Å². The van der Waals surface area contributed by atoms with Crippen LogP contribution < -0.4 is 5.73 Å². The second kappa shape index (κ2) is 6.16. The van der Waals surface area contributed by atoms with E-state index in [0.717, 1.165) is 18.4 Å². The lowest BCUT2D eigenvalue weighted by atomic mass is 10.1. The van der Waals surface area contributed by atoms with Gasteiger partial charge < -0.3 is 5.73 Å². The van der Waals surface area contributed by atoms with Gasteiger partial charge in [-0.3, -0.25) is 0 Å². The third-order valence-electron chi connectivity index (χ3n) is 2.16. The molecular weight excluding hydrogens is 229 g/mol. The summed E-state index contributed by atoms with van der Waals surface area (Å²) in [4.78, 5) is 0. The minimum absolute atomic E-state index is 0.612. The summed E-state index contributed by atoms with van der Waals surface area (Å²) in [7, 11) is 0. The Morgan fingerprint density at radius 2 is 2.13 bits per heavy atom. The normalized spacial score (nSPS) is 11.9. The Hall–Kier alpha value is -0.500. The maximum absolute atomic E-state index is 6.09. The molecule has 0 saturated heterocycles. The smallest absolute Gasteiger partial charge is 0.0627 e. The molecule has 0 unspecified atom stereocenters. The fraction of sp³-hybridized carbons (Fsp3) is 0.333. The highest BCUT2D eigenvalue weighted by Gasteiger charge is 2.04. The summed E-state index contributed by atoms with van der Waals surface area (Å²) in [6.45, 7) is 2.76. The number of benzene rings is 1. The molecule has 0 aliphatic carbocycles. The molecular formula is C12H15Cl2N. The summed E-state index contributed by atoms with van der Waals surface area (Å²) in [5.74, 6) is 0. The van der Waals surface area contributed by atoms with E-state index in [2.05, 4.69) is 13.0 Å². The van der Waals surface area contributed by atoms with E-state index in [1.54, 1.807) is 6.07 Å². The summed E-state index contributed by atoms with van der Waals surface area (Å²) >= 11 is 12.0. The van der Waals surface area contributed by atoms with E-state index in [1.807, 2.05) is 12.1 Å². The molecule has 0 saturated carbocycles. The van der Waals surface area contributed by atoms with Gasteiger partial charge in [-0.2, -0.15) is 0 Å². The summed E-state index contributed by atoms with van der Waals surface area (Å²) in [6, 6.07) is 5.71. The summed E-state index contributed by atoms with van der Waals surface area (Å²) in [5, 5.41) is 1.26. The fourth-order valence-electron chi connectivity index (χ4n) is 1.39. The van der Waals surface area contributed by atoms with Crippen LogP contribution in [0, 0.1) is 0 Å². The van der Waals surface area contributed by atoms with Crippen molar-refractivity contribution in [3.63, 3.8) is 0 Å². The minimum atomic E-state index is 0.612. The number of nitrogens with two attached hydrogens (primary N) is 1. The van der Waals surface area contributed by atoms with Gasteiger partial charge in [0.05, 0.1) is 10.0 Å². The van der Waals surface area contributed by atoms with Gasteiger partial charge in [0, 0.05) is 0 Å². The van der Waals surface area contributed by atoms with Crippen LogP contribution in [0.4, 0.5) is 0 Å². The lowest BCUT2D eigenvalue weighted by Gasteiger charge is -2.06. The van der Waals surface area contributed by atoms with E-state index < -0.39 is 0 Å². The van der Waals surface area contributed by atoms with Crippen molar-refractivity contribution in [3.8, 4) is 0 Å². The molecule has 82 valence electrons. The average molecular weight is 244 g/mol. The fourth-order valence-corrected chi connectivity index (χ4v) is 1.77. The van der Waals surface area contributed by atoms with Crippen molar-refractivity contribution in [2.45, 2.75) is 19.8 Å². The SMILES string of the molecule is C/C(=C/CCN)Cc1cccc(Cl)c1Cl. The van der Waals surface area contributed by atoms with E-state index in [4.69, 9.17) is 28.9 Å². The molecule has 3 heteroatoms. The number of allylic oxidation sites excluding steroid dienone is 1. The molecule has 0 fully saturated rings. The van der Waals surface area contributed by atoms with Crippen LogP contribution in [0.3, 0.4) is 0 Å². The maximum Gasteiger partial charge on any atom is 0.0627 e. The van der Waals surface area contributed by atoms with E-state index in [9.17, 15) is 0 Å². The molecule has 0 aliphatic heterocycles. The number of rotatable bonds is 4. The molecule has 0 heterocycles. The summed E-state index contributed by atoms with van der Waals surface area (Å²) in [5.41, 5.74) is 7.77. The van der Waals surface area contributed by atoms with Gasteiger partial charge in [-0.1, -0.05) is 47.0 Å². The highest BCUT2D eigenvalue weighted by molar-refractivity contribution is 6.42. The lowest BCUT2D eigenvalue weighted by Crippen LogP contribution is -1.97. The first-order valence-corrected chi connectivity index (χ1v) is 5.69. The van der Waals surface area contributed by atoms with Gasteiger partial charge in [-0.15, -0.1) is 0 Å². The first-order chi connectivity index (χ1) is 7.15. The molecule has 0 amide bonds. The quantitative estimate of drug-likeness (QED) is 0.800. The molecule has 15 heavy (non-hydrogen) atoms. The van der Waals surface area contributed by atoms with Crippen LogP contribution >= 0.6 is 23.2 Å². The van der Waals surface area contributed by atoms with Gasteiger partial charge in [0.25, 0.3) is 0 Å². The van der Waals surface area contributed by atoms with Crippen LogP contribution in [0.5, 0.6) is 0 Å². The van der Waals surface area contributed by atoms with Crippen molar-refractivity contribution in [3.05, 3.63) is 45.5 Å². The lowest BCUT2D eigenvalue weighted by molar-refractivity contribution is 0.981. The minimum Gasteiger partial charge on any atom is -0.330 e. The number of halogens is 2. The zero-order valence-corrected chi connectivity index (χ0v) is 10.3. The Balaban J connectivity index is 2.76. The van der Waals surface area contributed by atoms with Crippen LogP contribution in [0.25, 0.3) is 0 Å². The Labute approximate surface area is 101 Å². The highest BCUT2D eigenvalue weighted by Crippen LogP contribution is 2.27. The molecule has 0 aromatic heterocycles. The standard InChI is InChI=1S/C12H15Cl2N/c1-9(4-3-7-15)8-10-5-2-6-11(13)12(10)14/h2,4-6H,3,7-8,15H2,1H3/b9-4-. The monoisotopic (exact) mass is 243 g/mol. The van der Waals surface area contributed by atoms with Crippen LogP contribution in [0.15, 0.2) is 29.8 Å². The second-order valence-corrected chi connectivity index (χ2v) is 4.30. The third-order valence-corrected chi connectivity index (χ3v) is 3.02. The first kappa shape index (κ1) is 12.6. The van der Waals surface area contributed by atoms with Crippen LogP contribution in [0.2, 0.25) is 10.0 Å². The van der Waals surface area contributed by atoms with Gasteiger partial charge in [0.1, 0.15) is 0 Å². The Kier molecular flexibility index (Phi) is 5.16. The molecule has 0 spiro atoms. The molecule has 0 bridgehead atoms. The molecule has 1 aromatic carbocycles. The molecule has 0 atom stereocenters. The number of hydrogen-bond donors (Lipinski definition) is 1. The van der Waals surface area contributed by atoms with Crippen molar-refractivity contribution in [1.82, 2.24) is 0 Å². The largest absolute Gasteiger partial charge is 0.330 e. The predicted molar refractivity (Wildman–Crippen MR) is 67.6 cm³/mol. The topological polar surface area (TPSA) is 26.0 Å². The van der Waals surface area contributed by atoms with Crippen molar-refractivity contribution < 1.29 is 0 Å². The predicted octanol–water partition coefficient (Wildman–Crippen LogP) is 3.83. The van der Waals surface area contributed by atoms with Crippen LogP contribution in [-0.4, -0.2) is 6.54 Å². The molecule has 1 nitrogen and oxygen atoms in total. The second-order valence-electron chi connectivity index (χ2n) is 3.52. The molecule has 2 N–H and O–H groups in total. The van der Waals surface area contributed by atoms with Crippen molar-refractivity contribution in [2.75, 3.05) is 6.54 Å². The third kappa shape index (κ3) is 3.86. The zero-order valence-electron chi connectivity index (χ0n) is 8.76. The van der Waals surface area contributed by atoms with E-state index in [-0.39, 0.29) is 0 Å². The first-order valence-electron chi connectivity index (χ1n) is 4.93. The maximum atomic E-state index is 6.09. The van der Waals surface area contributed by atoms with E-state index >= 15 is 0 Å². The van der Waals surface area contributed by atoms with Gasteiger partial charge in [-0.05, 0) is 37.9 Å². The van der Waals surface area contributed by atoms with Crippen LogP contribution in [0.1, 0.15) is 18.9 Å². The van der Waals surface area contributed by atoms with Crippen molar-refractivity contribution >= 4 is 23.2 Å².